The molecule has 11 heavy (non-hydrogen) atoms. The van der Waals surface area contributed by atoms with Gasteiger partial charge in [-0.15, -0.1) is 0 Å². The van der Waals surface area contributed by atoms with Crippen LogP contribution in [0.25, 0.3) is 0 Å². The lowest BCUT2D eigenvalue weighted by molar-refractivity contribution is -0.117. The van der Waals surface area contributed by atoms with Crippen LogP contribution in [0.2, 0.25) is 0 Å². The van der Waals surface area contributed by atoms with Gasteiger partial charge in [0.25, 0.3) is 0 Å². The molecule has 0 radical (unpaired) electrons. The molecule has 0 aliphatic carbocycles. The van der Waals surface area contributed by atoms with E-state index in [1.165, 1.54) is 0 Å². The molecule has 0 aromatic rings. The van der Waals surface area contributed by atoms with Gasteiger partial charge in [0.05, 0.1) is 0 Å². The molecule has 1 unspecified atom stereocenters. The second-order valence-corrected chi connectivity index (χ2v) is 3.30. The van der Waals surface area contributed by atoms with E-state index in [1.807, 2.05) is 19.9 Å². The highest BCUT2D eigenvalue weighted by molar-refractivity contribution is 5.91. The normalized spacial score (nSPS) is 14.3. The fraction of sp³-hybridized carbons (Fsp3) is 0.700. The van der Waals surface area contributed by atoms with Crippen molar-refractivity contribution >= 4 is 5.78 Å². The summed E-state index contributed by atoms with van der Waals surface area (Å²) in [4.78, 5) is 11.1. The van der Waals surface area contributed by atoms with Gasteiger partial charge < -0.3 is 0 Å². The Bertz CT molecular complexity index is 145. The van der Waals surface area contributed by atoms with Gasteiger partial charge in [-0.25, -0.2) is 0 Å². The monoisotopic (exact) mass is 154 g/mol. The van der Waals surface area contributed by atoms with Crippen LogP contribution in [0.3, 0.4) is 0 Å². The van der Waals surface area contributed by atoms with Gasteiger partial charge in [0.15, 0.2) is 5.78 Å². The second-order valence-electron chi connectivity index (χ2n) is 3.30. The van der Waals surface area contributed by atoms with Gasteiger partial charge in [-0.2, -0.15) is 0 Å². The van der Waals surface area contributed by atoms with Crippen LogP contribution in [-0.4, -0.2) is 5.78 Å². The van der Waals surface area contributed by atoms with E-state index < -0.39 is 0 Å². The van der Waals surface area contributed by atoms with Gasteiger partial charge in [0.2, 0.25) is 0 Å². The average Bonchev–Trinajstić information content (AvgIpc) is 1.99. The van der Waals surface area contributed by atoms with E-state index in [0.717, 1.165) is 6.42 Å². The first-order valence-corrected chi connectivity index (χ1v) is 4.30. The van der Waals surface area contributed by atoms with Crippen molar-refractivity contribution in [2.45, 2.75) is 34.1 Å². The van der Waals surface area contributed by atoms with Crippen molar-refractivity contribution in [3.63, 3.8) is 0 Å². The lowest BCUT2D eigenvalue weighted by Crippen LogP contribution is -2.02. The second kappa shape index (κ2) is 5.11. The zero-order chi connectivity index (χ0) is 8.85. The Morgan fingerprint density at radius 3 is 2.27 bits per heavy atom. The molecule has 0 fully saturated rings. The van der Waals surface area contributed by atoms with E-state index in [1.54, 1.807) is 6.08 Å². The molecule has 0 rings (SSSR count). The Morgan fingerprint density at radius 1 is 1.36 bits per heavy atom. The molecule has 0 spiro atoms. The molecule has 1 atom stereocenters. The summed E-state index contributed by atoms with van der Waals surface area (Å²) < 4.78 is 0. The fourth-order valence-corrected chi connectivity index (χ4v) is 0.588. The van der Waals surface area contributed by atoms with E-state index in [9.17, 15) is 4.79 Å². The first kappa shape index (κ1) is 10.4. The number of allylic oxidation sites excluding steroid dienone is 2. The summed E-state index contributed by atoms with van der Waals surface area (Å²) in [5, 5.41) is 0. The molecule has 0 heterocycles. The molecular formula is C10H18O. The molecule has 64 valence electrons. The third-order valence-corrected chi connectivity index (χ3v) is 1.80. The highest BCUT2D eigenvalue weighted by atomic mass is 16.1. The Labute approximate surface area is 69.5 Å². The minimum atomic E-state index is 0.135. The molecular weight excluding hydrogens is 136 g/mol. The number of ketones is 1. The first-order chi connectivity index (χ1) is 5.07. The summed E-state index contributed by atoms with van der Waals surface area (Å²) >= 11 is 0. The molecule has 0 N–H and O–H groups in total. The largest absolute Gasteiger partial charge is 0.295 e. The molecule has 0 aromatic carbocycles. The van der Waals surface area contributed by atoms with Crippen molar-refractivity contribution < 1.29 is 4.79 Å². The Balaban J connectivity index is 3.83. The van der Waals surface area contributed by atoms with Gasteiger partial charge in [-0.3, -0.25) is 4.79 Å². The third kappa shape index (κ3) is 4.77. The van der Waals surface area contributed by atoms with Crippen LogP contribution in [0.4, 0.5) is 0 Å². The molecule has 0 aliphatic heterocycles. The van der Waals surface area contributed by atoms with Crippen LogP contribution in [-0.2, 0) is 4.79 Å². The topological polar surface area (TPSA) is 17.1 Å². The van der Waals surface area contributed by atoms with Gasteiger partial charge in [0, 0.05) is 5.92 Å². The number of hydrogen-bond acceptors (Lipinski definition) is 1. The lowest BCUT2D eigenvalue weighted by Gasteiger charge is -2.00. The van der Waals surface area contributed by atoms with E-state index in [0.29, 0.717) is 5.92 Å². The molecule has 0 bridgehead atoms. The minimum Gasteiger partial charge on any atom is -0.295 e. The summed E-state index contributed by atoms with van der Waals surface area (Å²) in [5.74, 6) is 0.887. The van der Waals surface area contributed by atoms with Crippen molar-refractivity contribution in [1.29, 1.82) is 0 Å². The van der Waals surface area contributed by atoms with Crippen LogP contribution < -0.4 is 0 Å². The van der Waals surface area contributed by atoms with Crippen LogP contribution >= 0.6 is 0 Å². The molecule has 0 saturated heterocycles. The van der Waals surface area contributed by atoms with Crippen LogP contribution in [0, 0.1) is 11.8 Å². The van der Waals surface area contributed by atoms with Crippen molar-refractivity contribution in [1.82, 2.24) is 0 Å². The molecule has 1 nitrogen and oxygen atoms in total. The van der Waals surface area contributed by atoms with Crippen molar-refractivity contribution in [2.75, 3.05) is 0 Å². The zero-order valence-electron chi connectivity index (χ0n) is 7.92. The quantitative estimate of drug-likeness (QED) is 0.569. The number of hydrogen-bond donors (Lipinski definition) is 0. The zero-order valence-corrected chi connectivity index (χ0v) is 7.92. The summed E-state index contributed by atoms with van der Waals surface area (Å²) in [6.45, 7) is 8.07. The Hall–Kier alpha value is -0.590. The summed E-state index contributed by atoms with van der Waals surface area (Å²) in [6, 6.07) is 0. The average molecular weight is 154 g/mol. The molecule has 0 aliphatic rings. The fourth-order valence-electron chi connectivity index (χ4n) is 0.588. The van der Waals surface area contributed by atoms with Crippen LogP contribution in [0.1, 0.15) is 34.1 Å². The molecule has 0 aromatic heterocycles. The van der Waals surface area contributed by atoms with Gasteiger partial charge in [0.1, 0.15) is 0 Å². The van der Waals surface area contributed by atoms with Crippen LogP contribution in [0.5, 0.6) is 0 Å². The van der Waals surface area contributed by atoms with E-state index in [-0.39, 0.29) is 11.7 Å². The summed E-state index contributed by atoms with van der Waals surface area (Å²) in [6.07, 6.45) is 4.79. The predicted molar refractivity (Wildman–Crippen MR) is 48.4 cm³/mol. The number of carbonyl (C=O) groups is 1. The highest BCUT2D eigenvalue weighted by Gasteiger charge is 2.01. The molecule has 0 saturated carbocycles. The molecule has 1 heteroatoms. The van der Waals surface area contributed by atoms with Crippen molar-refractivity contribution in [2.24, 2.45) is 11.8 Å². The molecule has 0 amide bonds. The SMILES string of the molecule is CCC(C)/C=C\C(=O)C(C)C. The number of carbonyl (C=O) groups excluding carboxylic acids is 1. The van der Waals surface area contributed by atoms with Crippen LogP contribution in [0.15, 0.2) is 12.2 Å². The smallest absolute Gasteiger partial charge is 0.157 e. The highest BCUT2D eigenvalue weighted by Crippen LogP contribution is 2.03. The van der Waals surface area contributed by atoms with Gasteiger partial charge in [-0.1, -0.05) is 40.2 Å². The predicted octanol–water partition coefficient (Wildman–Crippen LogP) is 2.81. The Morgan fingerprint density at radius 2 is 1.91 bits per heavy atom. The number of rotatable bonds is 4. The first-order valence-electron chi connectivity index (χ1n) is 4.30. The van der Waals surface area contributed by atoms with E-state index in [4.69, 9.17) is 0 Å². The standard InChI is InChI=1S/C10H18O/c1-5-9(4)6-7-10(11)8(2)3/h6-9H,5H2,1-4H3/b7-6-. The van der Waals surface area contributed by atoms with Crippen molar-refractivity contribution in [3.05, 3.63) is 12.2 Å². The lowest BCUT2D eigenvalue weighted by atomic mass is 10.0. The minimum absolute atomic E-state index is 0.135. The van der Waals surface area contributed by atoms with Crippen molar-refractivity contribution in [3.8, 4) is 0 Å². The van der Waals surface area contributed by atoms with Gasteiger partial charge in [-0.05, 0) is 12.0 Å². The van der Waals surface area contributed by atoms with E-state index >= 15 is 0 Å². The third-order valence-electron chi connectivity index (χ3n) is 1.80. The van der Waals surface area contributed by atoms with Gasteiger partial charge >= 0.3 is 0 Å². The maximum Gasteiger partial charge on any atom is 0.157 e. The summed E-state index contributed by atoms with van der Waals surface area (Å²) in [5.41, 5.74) is 0. The maximum atomic E-state index is 11.1. The maximum absolute atomic E-state index is 11.1. The summed E-state index contributed by atoms with van der Waals surface area (Å²) in [7, 11) is 0. The Kier molecular flexibility index (Phi) is 4.84. The van der Waals surface area contributed by atoms with E-state index in [2.05, 4.69) is 13.8 Å².